The maximum absolute atomic E-state index is 5.87. The fourth-order valence-corrected chi connectivity index (χ4v) is 2.44. The molecule has 0 saturated carbocycles. The van der Waals surface area contributed by atoms with Gasteiger partial charge in [-0.25, -0.2) is 9.97 Å². The van der Waals surface area contributed by atoms with Gasteiger partial charge in [0.2, 0.25) is 0 Å². The summed E-state index contributed by atoms with van der Waals surface area (Å²) < 4.78 is 0. The molecule has 0 unspecified atom stereocenters. The zero-order valence-electron chi connectivity index (χ0n) is 16.0. The highest BCUT2D eigenvalue weighted by Gasteiger charge is 2.24. The van der Waals surface area contributed by atoms with Crippen molar-refractivity contribution in [3.8, 4) is 11.3 Å². The molecule has 2 aromatic rings. The smallest absolute Gasteiger partial charge is 0.116 e. The van der Waals surface area contributed by atoms with Crippen LogP contribution in [-0.4, -0.2) is 81.9 Å². The largest absolute Gasteiger partial charge is 0.241 e. The van der Waals surface area contributed by atoms with Crippen molar-refractivity contribution < 1.29 is 0 Å². The lowest BCUT2D eigenvalue weighted by atomic mass is 8.58. The SMILES string of the molecule is CC(C)(C)c1cc(-c2ccc(Cl)cc2)ncn1.[B]B([B])B(B([B])[B])B([B])[B]. The zero-order valence-corrected chi connectivity index (χ0v) is 16.8. The average molecular weight is 355 g/mol. The first-order chi connectivity index (χ1) is 12.4. The molecule has 0 saturated heterocycles. The Labute approximate surface area is 178 Å². The average Bonchev–Trinajstić information content (AvgIpc) is 2.54. The van der Waals surface area contributed by atoms with E-state index in [-0.39, 0.29) is 5.41 Å². The van der Waals surface area contributed by atoms with E-state index in [4.69, 9.17) is 58.0 Å². The van der Waals surface area contributed by atoms with Gasteiger partial charge in [-0.2, -0.15) is 0 Å². The van der Waals surface area contributed by atoms with Crippen LogP contribution in [0.5, 0.6) is 0 Å². The molecule has 1 aromatic carbocycles. The van der Waals surface area contributed by atoms with Crippen molar-refractivity contribution in [1.82, 2.24) is 9.97 Å². The van der Waals surface area contributed by atoms with Crippen LogP contribution in [0.2, 0.25) is 5.02 Å². The van der Waals surface area contributed by atoms with E-state index in [2.05, 4.69) is 30.7 Å². The van der Waals surface area contributed by atoms with Gasteiger partial charge in [0.05, 0.1) is 5.69 Å². The monoisotopic (exact) mass is 356 g/mol. The van der Waals surface area contributed by atoms with Crippen molar-refractivity contribution in [3.63, 3.8) is 0 Å². The summed E-state index contributed by atoms with van der Waals surface area (Å²) in [6, 6.07) is 9.71. The third-order valence-corrected chi connectivity index (χ3v) is 4.16. The lowest BCUT2D eigenvalue weighted by molar-refractivity contribution is 0.567. The van der Waals surface area contributed by atoms with Gasteiger partial charge in [-0.05, 0) is 18.2 Å². The van der Waals surface area contributed by atoms with Gasteiger partial charge in [-0.1, -0.05) is 44.5 Å². The van der Waals surface area contributed by atoms with E-state index in [0.717, 1.165) is 22.0 Å². The Kier molecular flexibility index (Phi) is 9.62. The molecule has 0 fully saturated rings. The fraction of sp³-hybridized carbons (Fsp3) is 0.286. The molecule has 0 aliphatic carbocycles. The molecule has 2 nitrogen and oxygen atoms in total. The highest BCUT2D eigenvalue weighted by molar-refractivity contribution is 8.00. The van der Waals surface area contributed by atoms with E-state index in [0.29, 0.717) is 0 Å². The number of hydrogen-bond donors (Lipinski definition) is 0. The van der Waals surface area contributed by atoms with Crippen LogP contribution in [0, 0.1) is 0 Å². The molecule has 0 amide bonds. The maximum atomic E-state index is 5.87. The van der Waals surface area contributed by atoms with Gasteiger partial charge in [-0.15, -0.1) is 0 Å². The molecular weight excluding hydrogens is 340 g/mol. The predicted molar refractivity (Wildman–Crippen MR) is 129 cm³/mol. The van der Waals surface area contributed by atoms with Crippen molar-refractivity contribution in [3.05, 3.63) is 47.4 Å². The first kappa shape index (κ1) is 24.3. The molecule has 2 rings (SSSR count). The Hall–Kier alpha value is -0.761. The van der Waals surface area contributed by atoms with E-state index in [9.17, 15) is 0 Å². The Bertz CT molecular complexity index is 687. The normalized spacial score (nSPS) is 10.4. The second-order valence-electron chi connectivity index (χ2n) is 7.35. The molecule has 27 heavy (non-hydrogen) atoms. The molecular formula is C14H15B10ClN2. The molecule has 0 aliphatic heterocycles. The van der Waals surface area contributed by atoms with Gasteiger partial charge >= 0.3 is 0 Å². The minimum atomic E-state index is -0.667. The molecule has 0 aliphatic rings. The first-order valence-electron chi connectivity index (χ1n) is 8.55. The van der Waals surface area contributed by atoms with Gasteiger partial charge < -0.3 is 0 Å². The second-order valence-corrected chi connectivity index (χ2v) is 7.79. The predicted octanol–water partition coefficient (Wildman–Crippen LogP) is 0.286. The quantitative estimate of drug-likeness (QED) is 0.737. The fourth-order valence-electron chi connectivity index (χ4n) is 2.32. The molecule has 0 spiro atoms. The standard InChI is InChI=1S/C14H15ClN2.B10/c1-14(2,3)13-8-12(16-9-17-13)10-4-6-11(15)7-5-10;1-7(2)10(8(3)4)9(5)6/h4-9H,1-3H3;. The minimum Gasteiger partial charge on any atom is -0.241 e. The molecule has 0 N–H and O–H groups in total. The number of aromatic nitrogens is 2. The van der Waals surface area contributed by atoms with E-state index in [1.165, 1.54) is 0 Å². The number of benzene rings is 1. The van der Waals surface area contributed by atoms with Crippen LogP contribution in [0.3, 0.4) is 0 Å². The van der Waals surface area contributed by atoms with Gasteiger partial charge in [0.25, 0.3) is 0 Å². The summed E-state index contributed by atoms with van der Waals surface area (Å²) in [4.78, 5) is 8.62. The van der Waals surface area contributed by atoms with Gasteiger partial charge in [0.1, 0.15) is 6.33 Å². The van der Waals surface area contributed by atoms with Gasteiger partial charge in [0.15, 0.2) is 0 Å². The third kappa shape index (κ3) is 8.01. The van der Waals surface area contributed by atoms with E-state index < -0.39 is 25.5 Å². The highest BCUT2D eigenvalue weighted by Crippen LogP contribution is 2.24. The zero-order chi connectivity index (χ0) is 20.8. The summed E-state index contributed by atoms with van der Waals surface area (Å²) in [5.74, 6) is 0. The molecule has 1 heterocycles. The Morgan fingerprint density at radius 2 is 1.30 bits per heavy atom. The van der Waals surface area contributed by atoms with E-state index in [1.807, 2.05) is 30.3 Å². The van der Waals surface area contributed by atoms with Crippen LogP contribution in [0.4, 0.5) is 0 Å². The first-order valence-corrected chi connectivity index (χ1v) is 8.93. The number of rotatable bonds is 4. The Balaban J connectivity index is 0.000000314. The third-order valence-electron chi connectivity index (χ3n) is 3.91. The van der Waals surface area contributed by atoms with Crippen molar-refractivity contribution in [2.24, 2.45) is 0 Å². The summed E-state index contributed by atoms with van der Waals surface area (Å²) >= 11 is 5.87. The molecule has 12 radical (unpaired) electrons. The van der Waals surface area contributed by atoms with Crippen LogP contribution in [0.1, 0.15) is 26.5 Å². The number of hydrogen-bond acceptors (Lipinski definition) is 2. The van der Waals surface area contributed by atoms with Gasteiger partial charge in [-0.3, -0.25) is 0 Å². The maximum Gasteiger partial charge on any atom is 0.116 e. The summed E-state index contributed by atoms with van der Waals surface area (Å²) in [6.45, 7) is 6.42. The van der Waals surface area contributed by atoms with Crippen LogP contribution >= 0.6 is 11.6 Å². The Morgan fingerprint density at radius 1 is 0.815 bits per heavy atom. The number of halogens is 1. The summed E-state index contributed by atoms with van der Waals surface area (Å²) in [7, 11) is 31.8. The van der Waals surface area contributed by atoms with Crippen LogP contribution < -0.4 is 0 Å². The van der Waals surface area contributed by atoms with Crippen LogP contribution in [0.15, 0.2) is 36.7 Å². The molecule has 13 heteroatoms. The molecule has 0 bridgehead atoms. The van der Waals surface area contributed by atoms with Gasteiger partial charge in [0, 0.05) is 93.7 Å². The van der Waals surface area contributed by atoms with Crippen LogP contribution in [-0.2, 0) is 5.41 Å². The summed E-state index contributed by atoms with van der Waals surface area (Å²) in [5.41, 5.74) is 3.06. The van der Waals surface area contributed by atoms with Crippen molar-refractivity contribution in [1.29, 1.82) is 0 Å². The van der Waals surface area contributed by atoms with E-state index >= 15 is 0 Å². The van der Waals surface area contributed by atoms with Crippen molar-refractivity contribution in [2.75, 3.05) is 0 Å². The highest BCUT2D eigenvalue weighted by atomic mass is 35.5. The molecule has 118 valence electrons. The summed E-state index contributed by atoms with van der Waals surface area (Å²) in [5, 5.41) is 0.735. The second kappa shape index (κ2) is 10.7. The summed E-state index contributed by atoms with van der Waals surface area (Å²) in [6.07, 6.45) is -0.829. The molecule has 1 aromatic heterocycles. The van der Waals surface area contributed by atoms with Crippen LogP contribution in [0.25, 0.3) is 11.3 Å². The van der Waals surface area contributed by atoms with Crippen molar-refractivity contribution in [2.45, 2.75) is 26.2 Å². The lowest BCUT2D eigenvalue weighted by Crippen LogP contribution is -2.62. The molecule has 0 atom stereocenters. The Morgan fingerprint density at radius 3 is 1.67 bits per heavy atom. The number of nitrogens with zero attached hydrogens (tertiary/aromatic N) is 2. The lowest BCUT2D eigenvalue weighted by Gasteiger charge is -2.23. The van der Waals surface area contributed by atoms with Crippen molar-refractivity contribution >= 4 is 83.6 Å². The topological polar surface area (TPSA) is 25.8 Å². The van der Waals surface area contributed by atoms with E-state index in [1.54, 1.807) is 6.33 Å². The minimum absolute atomic E-state index is 0.0319.